The minimum Gasteiger partial charge on any atom is -0.402 e. The zero-order valence-electron chi connectivity index (χ0n) is 17.6. The van der Waals surface area contributed by atoms with Crippen molar-refractivity contribution in [1.29, 1.82) is 0 Å². The van der Waals surface area contributed by atoms with Gasteiger partial charge in [0.15, 0.2) is 11.6 Å². The highest BCUT2D eigenvalue weighted by Gasteiger charge is 2.58. The molecular formula is C22H26F3N5O2. The molecule has 3 atom stereocenters. The first-order valence-corrected chi connectivity index (χ1v) is 11.3. The number of likely N-dealkylation sites (tertiary alicyclic amines) is 1. The van der Waals surface area contributed by atoms with Gasteiger partial charge in [0, 0.05) is 43.0 Å². The van der Waals surface area contributed by atoms with Crippen LogP contribution < -0.4 is 10.5 Å². The van der Waals surface area contributed by atoms with Crippen molar-refractivity contribution < 1.29 is 22.6 Å². The molecule has 2 aliphatic heterocycles. The largest absolute Gasteiger partial charge is 0.573 e. The summed E-state index contributed by atoms with van der Waals surface area (Å²) in [4.78, 5) is 11.4. The molecular weight excluding hydrogens is 423 g/mol. The maximum atomic E-state index is 12.8. The van der Waals surface area contributed by atoms with Crippen molar-refractivity contribution in [2.45, 2.75) is 50.0 Å². The zero-order valence-corrected chi connectivity index (χ0v) is 17.6. The average molecular weight is 449 g/mol. The van der Waals surface area contributed by atoms with Gasteiger partial charge in [-0.25, -0.2) is 9.97 Å². The first kappa shape index (κ1) is 20.3. The summed E-state index contributed by atoms with van der Waals surface area (Å²) in [7, 11) is 0. The molecule has 32 heavy (non-hydrogen) atoms. The summed E-state index contributed by atoms with van der Waals surface area (Å²) in [6.45, 7) is 3.82. The number of rotatable bonds is 5. The van der Waals surface area contributed by atoms with Crippen molar-refractivity contribution in [2.24, 2.45) is 11.8 Å². The van der Waals surface area contributed by atoms with Gasteiger partial charge in [-0.05, 0) is 30.7 Å². The van der Waals surface area contributed by atoms with Gasteiger partial charge < -0.3 is 19.8 Å². The minimum atomic E-state index is -4.83. The molecule has 0 bridgehead atoms. The van der Waals surface area contributed by atoms with E-state index in [-0.39, 0.29) is 5.82 Å². The number of hydrogen-bond donors (Lipinski definition) is 1. The standard InChI is InChI=1S/C22H26F3N5O2/c23-22(24,25)32-18-5-13(6-27-20(18)26)17-9-30(21(28-17)12-3-1-2-4-12)19-15-7-29(8-16(15)19)14-10-31-11-14/h5-6,9,12,14-16,19H,1-4,7-8,10-11H2,(H2,26,27)/t15-,16+,19?. The van der Waals surface area contributed by atoms with Gasteiger partial charge >= 0.3 is 6.36 Å². The molecule has 172 valence electrons. The highest BCUT2D eigenvalue weighted by Crippen LogP contribution is 2.57. The van der Waals surface area contributed by atoms with Gasteiger partial charge in [-0.3, -0.25) is 4.90 Å². The molecule has 2 aliphatic carbocycles. The summed E-state index contributed by atoms with van der Waals surface area (Å²) in [6, 6.07) is 2.26. The molecule has 2 saturated carbocycles. The normalized spacial score (nSPS) is 28.7. The zero-order chi connectivity index (χ0) is 22.0. The van der Waals surface area contributed by atoms with Gasteiger partial charge in [0.25, 0.3) is 0 Å². The molecule has 2 aromatic rings. The molecule has 4 fully saturated rings. The summed E-state index contributed by atoms with van der Waals surface area (Å²) in [6.07, 6.45) is 3.22. The van der Waals surface area contributed by atoms with Crippen LogP contribution in [0.2, 0.25) is 0 Å². The molecule has 0 spiro atoms. The van der Waals surface area contributed by atoms with E-state index >= 15 is 0 Å². The van der Waals surface area contributed by atoms with Gasteiger partial charge in [-0.15, -0.1) is 13.2 Å². The molecule has 4 aliphatic rings. The highest BCUT2D eigenvalue weighted by atomic mass is 19.4. The van der Waals surface area contributed by atoms with Crippen LogP contribution in [-0.4, -0.2) is 58.1 Å². The van der Waals surface area contributed by atoms with E-state index in [9.17, 15) is 13.2 Å². The second-order valence-electron chi connectivity index (χ2n) is 9.49. The number of pyridine rings is 1. The van der Waals surface area contributed by atoms with E-state index in [4.69, 9.17) is 15.5 Å². The predicted molar refractivity (Wildman–Crippen MR) is 110 cm³/mol. The number of anilines is 1. The molecule has 7 nitrogen and oxygen atoms in total. The summed E-state index contributed by atoms with van der Waals surface area (Å²) in [5.41, 5.74) is 6.72. The topological polar surface area (TPSA) is 78.4 Å². The van der Waals surface area contributed by atoms with Gasteiger partial charge in [0.1, 0.15) is 5.82 Å². The first-order chi connectivity index (χ1) is 15.4. The number of nitrogen functional groups attached to an aromatic ring is 1. The summed E-state index contributed by atoms with van der Waals surface area (Å²) >= 11 is 0. The Kier molecular flexibility index (Phi) is 4.66. The number of fused-ring (bicyclic) bond motifs is 1. The summed E-state index contributed by atoms with van der Waals surface area (Å²) < 4.78 is 50.0. The van der Waals surface area contributed by atoms with E-state index in [0.29, 0.717) is 41.1 Å². The van der Waals surface area contributed by atoms with E-state index in [1.165, 1.54) is 25.1 Å². The fourth-order valence-corrected chi connectivity index (χ4v) is 5.75. The van der Waals surface area contributed by atoms with E-state index < -0.39 is 12.1 Å². The number of piperidine rings is 1. The third-order valence-corrected chi connectivity index (χ3v) is 7.52. The summed E-state index contributed by atoms with van der Waals surface area (Å²) in [5, 5.41) is 0. The van der Waals surface area contributed by atoms with Crippen LogP contribution in [0.4, 0.5) is 19.0 Å². The lowest BCUT2D eigenvalue weighted by molar-refractivity contribution is -0.274. The Balaban J connectivity index is 1.29. The molecule has 1 unspecified atom stereocenters. The minimum absolute atomic E-state index is 0.293. The molecule has 2 aromatic heterocycles. The molecule has 6 rings (SSSR count). The Hall–Kier alpha value is -2.33. The lowest BCUT2D eigenvalue weighted by atomic mass is 10.1. The van der Waals surface area contributed by atoms with Crippen molar-refractivity contribution in [3.8, 4) is 17.0 Å². The van der Waals surface area contributed by atoms with Gasteiger partial charge in [0.2, 0.25) is 0 Å². The maximum absolute atomic E-state index is 12.8. The molecule has 2 saturated heterocycles. The van der Waals surface area contributed by atoms with Gasteiger partial charge in [0.05, 0.1) is 24.9 Å². The van der Waals surface area contributed by atoms with Crippen LogP contribution in [0.3, 0.4) is 0 Å². The van der Waals surface area contributed by atoms with Crippen LogP contribution in [0.1, 0.15) is 43.5 Å². The number of ether oxygens (including phenoxy) is 2. The second kappa shape index (κ2) is 7.34. The number of hydrogen-bond acceptors (Lipinski definition) is 6. The van der Waals surface area contributed by atoms with Crippen LogP contribution in [0.15, 0.2) is 18.5 Å². The number of aromatic nitrogens is 3. The third-order valence-electron chi connectivity index (χ3n) is 7.52. The molecule has 0 amide bonds. The van der Waals surface area contributed by atoms with Gasteiger partial charge in [-0.2, -0.15) is 0 Å². The smallest absolute Gasteiger partial charge is 0.402 e. The van der Waals surface area contributed by atoms with Crippen LogP contribution in [0.5, 0.6) is 5.75 Å². The highest BCUT2D eigenvalue weighted by molar-refractivity contribution is 5.64. The fraction of sp³-hybridized carbons (Fsp3) is 0.636. The summed E-state index contributed by atoms with van der Waals surface area (Å²) in [5.74, 6) is 1.88. The third kappa shape index (κ3) is 3.53. The number of halogens is 3. The van der Waals surface area contributed by atoms with Crippen molar-refractivity contribution in [2.75, 3.05) is 32.0 Å². The van der Waals surface area contributed by atoms with E-state index in [2.05, 4.69) is 19.2 Å². The lowest BCUT2D eigenvalue weighted by Crippen LogP contribution is -2.49. The average Bonchev–Trinajstić information content (AvgIpc) is 3.17. The Morgan fingerprint density at radius 1 is 1.12 bits per heavy atom. The first-order valence-electron chi connectivity index (χ1n) is 11.3. The Morgan fingerprint density at radius 2 is 1.84 bits per heavy atom. The number of imidazole rings is 1. The second-order valence-corrected chi connectivity index (χ2v) is 9.49. The van der Waals surface area contributed by atoms with Crippen molar-refractivity contribution in [1.82, 2.24) is 19.4 Å². The predicted octanol–water partition coefficient (Wildman–Crippen LogP) is 3.59. The van der Waals surface area contributed by atoms with E-state index in [1.54, 1.807) is 0 Å². The van der Waals surface area contributed by atoms with Gasteiger partial charge in [-0.1, -0.05) is 12.8 Å². The number of nitrogens with zero attached hydrogens (tertiary/aromatic N) is 4. The Bertz CT molecular complexity index is 1000. The molecule has 4 heterocycles. The van der Waals surface area contributed by atoms with E-state index in [1.807, 2.05) is 6.20 Å². The van der Waals surface area contributed by atoms with Crippen LogP contribution >= 0.6 is 0 Å². The van der Waals surface area contributed by atoms with Crippen molar-refractivity contribution in [3.05, 3.63) is 24.3 Å². The van der Waals surface area contributed by atoms with Crippen LogP contribution in [0, 0.1) is 11.8 Å². The van der Waals surface area contributed by atoms with Crippen LogP contribution in [-0.2, 0) is 4.74 Å². The number of nitrogens with two attached hydrogens (primary N) is 1. The van der Waals surface area contributed by atoms with Crippen LogP contribution in [0.25, 0.3) is 11.3 Å². The van der Waals surface area contributed by atoms with Crippen molar-refractivity contribution in [3.63, 3.8) is 0 Å². The molecule has 0 aromatic carbocycles. The number of alkyl halides is 3. The molecule has 10 heteroatoms. The Labute approximate surface area is 183 Å². The molecule has 0 radical (unpaired) electrons. The maximum Gasteiger partial charge on any atom is 0.573 e. The Morgan fingerprint density at radius 3 is 2.47 bits per heavy atom. The SMILES string of the molecule is Nc1ncc(-c2cn(C3[C@H]4CN(C5COC5)C[C@@H]34)c(C3CCCC3)n2)cc1OC(F)(F)F. The van der Waals surface area contributed by atoms with E-state index in [0.717, 1.165) is 45.0 Å². The quantitative estimate of drug-likeness (QED) is 0.752. The van der Waals surface area contributed by atoms with Crippen molar-refractivity contribution >= 4 is 5.82 Å². The lowest BCUT2D eigenvalue weighted by Gasteiger charge is -2.36. The fourth-order valence-electron chi connectivity index (χ4n) is 5.75. The monoisotopic (exact) mass is 449 g/mol. The molecule has 2 N–H and O–H groups in total.